The summed E-state index contributed by atoms with van der Waals surface area (Å²) in [6, 6.07) is 21.1. The maximum Gasteiger partial charge on any atom is 0.271 e. The number of nitro groups is 1. The Morgan fingerprint density at radius 1 is 0.950 bits per heavy atom. The molecule has 0 aliphatic heterocycles. The second-order valence-electron chi connectivity index (χ2n) is 9.42. The van der Waals surface area contributed by atoms with E-state index in [2.05, 4.69) is 5.32 Å². The summed E-state index contributed by atoms with van der Waals surface area (Å²) in [5.74, 6) is -0.975. The van der Waals surface area contributed by atoms with Crippen molar-refractivity contribution >= 4 is 33.2 Å². The van der Waals surface area contributed by atoms with Gasteiger partial charge in [0.25, 0.3) is 15.7 Å². The van der Waals surface area contributed by atoms with Crippen molar-refractivity contribution in [1.29, 1.82) is 0 Å². The number of rotatable bonds is 13. The van der Waals surface area contributed by atoms with Gasteiger partial charge in [-0.2, -0.15) is 0 Å². The highest BCUT2D eigenvalue weighted by Gasteiger charge is 2.33. The van der Waals surface area contributed by atoms with Crippen molar-refractivity contribution in [2.45, 2.75) is 50.6 Å². The molecule has 2 atom stereocenters. The van der Waals surface area contributed by atoms with Crippen LogP contribution in [0.2, 0.25) is 0 Å². The fourth-order valence-electron chi connectivity index (χ4n) is 4.05. The molecule has 0 aromatic heterocycles. The third kappa shape index (κ3) is 7.66. The molecule has 3 aromatic rings. The molecule has 0 aliphatic rings. The van der Waals surface area contributed by atoms with Crippen LogP contribution in [0.15, 0.2) is 89.8 Å². The largest absolute Gasteiger partial charge is 0.352 e. The Kier molecular flexibility index (Phi) is 10.4. The van der Waals surface area contributed by atoms with Gasteiger partial charge in [0.15, 0.2) is 0 Å². The Morgan fingerprint density at radius 3 is 2.17 bits per heavy atom. The zero-order chi connectivity index (χ0) is 29.3. The number of amides is 2. The topological polar surface area (TPSA) is 130 Å². The Hall–Kier alpha value is -4.25. The number of sulfonamides is 1. The molecule has 0 saturated carbocycles. The number of hydrogen-bond acceptors (Lipinski definition) is 6. The van der Waals surface area contributed by atoms with Crippen molar-refractivity contribution in [3.05, 3.63) is 101 Å². The van der Waals surface area contributed by atoms with E-state index < -0.39 is 33.4 Å². The number of non-ortho nitro benzene ring substituents is 1. The number of anilines is 1. The first-order valence-corrected chi connectivity index (χ1v) is 14.4. The summed E-state index contributed by atoms with van der Waals surface area (Å²) in [7, 11) is -4.30. The van der Waals surface area contributed by atoms with Crippen LogP contribution in [-0.2, 0) is 26.0 Å². The minimum absolute atomic E-state index is 0.0360. The van der Waals surface area contributed by atoms with Crippen molar-refractivity contribution in [2.75, 3.05) is 17.4 Å². The standard InChI is InChI=1S/C29H34N4O6S/c1-4-22(2)30-29(35)23(3)31(19-18-24-12-7-5-8-13-24)28(34)21-32(25-14-11-15-26(20-25)33(36)37)40(38,39)27-16-9-6-10-17-27/h5-17,20,22-23H,4,18-19,21H2,1-3H3,(H,30,35)/t22-,23+/m0/s1. The number of nitrogens with one attached hydrogen (secondary N) is 1. The highest BCUT2D eigenvalue weighted by atomic mass is 32.2. The van der Waals surface area contributed by atoms with Gasteiger partial charge in [-0.25, -0.2) is 8.42 Å². The van der Waals surface area contributed by atoms with Gasteiger partial charge in [-0.3, -0.25) is 24.0 Å². The van der Waals surface area contributed by atoms with Gasteiger partial charge in [0.2, 0.25) is 11.8 Å². The molecule has 0 unspecified atom stereocenters. The quantitative estimate of drug-likeness (QED) is 0.244. The minimum atomic E-state index is -4.30. The maximum atomic E-state index is 13.9. The van der Waals surface area contributed by atoms with E-state index in [9.17, 15) is 28.1 Å². The lowest BCUT2D eigenvalue weighted by molar-refractivity contribution is -0.384. The third-order valence-electron chi connectivity index (χ3n) is 6.59. The van der Waals surface area contributed by atoms with Gasteiger partial charge in [0, 0.05) is 24.7 Å². The van der Waals surface area contributed by atoms with Crippen LogP contribution < -0.4 is 9.62 Å². The number of benzene rings is 3. The first kappa shape index (κ1) is 30.3. The summed E-state index contributed by atoms with van der Waals surface area (Å²) >= 11 is 0. The van der Waals surface area contributed by atoms with Crippen molar-refractivity contribution < 1.29 is 22.9 Å². The van der Waals surface area contributed by atoms with E-state index in [4.69, 9.17) is 0 Å². The predicted octanol–water partition coefficient (Wildman–Crippen LogP) is 4.16. The van der Waals surface area contributed by atoms with E-state index in [1.807, 2.05) is 44.2 Å². The molecular weight excluding hydrogens is 532 g/mol. The van der Waals surface area contributed by atoms with Gasteiger partial charge < -0.3 is 10.2 Å². The van der Waals surface area contributed by atoms with Crippen LogP contribution in [0.1, 0.15) is 32.8 Å². The van der Waals surface area contributed by atoms with E-state index in [0.717, 1.165) is 15.9 Å². The number of carbonyl (C=O) groups is 2. The van der Waals surface area contributed by atoms with E-state index in [-0.39, 0.29) is 34.8 Å². The monoisotopic (exact) mass is 566 g/mol. The smallest absolute Gasteiger partial charge is 0.271 e. The fraction of sp³-hybridized carbons (Fsp3) is 0.310. The normalized spacial score (nSPS) is 12.7. The molecule has 3 aromatic carbocycles. The average Bonchev–Trinajstić information content (AvgIpc) is 2.96. The van der Waals surface area contributed by atoms with Crippen LogP contribution in [0.4, 0.5) is 11.4 Å². The zero-order valence-electron chi connectivity index (χ0n) is 22.8. The SMILES string of the molecule is CC[C@H](C)NC(=O)[C@@H](C)N(CCc1ccccc1)C(=O)CN(c1cccc([N+](=O)[O-])c1)S(=O)(=O)c1ccccc1. The summed E-state index contributed by atoms with van der Waals surface area (Å²) in [6.45, 7) is 4.89. The average molecular weight is 567 g/mol. The first-order valence-electron chi connectivity index (χ1n) is 13.0. The Bertz CT molecular complexity index is 1420. The molecule has 0 bridgehead atoms. The second kappa shape index (κ2) is 13.7. The van der Waals surface area contributed by atoms with E-state index in [1.54, 1.807) is 25.1 Å². The Labute approximate surface area is 234 Å². The first-order chi connectivity index (χ1) is 19.0. The second-order valence-corrected chi connectivity index (χ2v) is 11.3. The summed E-state index contributed by atoms with van der Waals surface area (Å²) in [5, 5.41) is 14.3. The van der Waals surface area contributed by atoms with Crippen LogP contribution in [-0.4, -0.2) is 55.2 Å². The molecule has 1 N–H and O–H groups in total. The van der Waals surface area contributed by atoms with Crippen molar-refractivity contribution in [2.24, 2.45) is 0 Å². The number of nitro benzene ring substituents is 1. The predicted molar refractivity (Wildman–Crippen MR) is 153 cm³/mol. The van der Waals surface area contributed by atoms with Gasteiger partial charge in [0.05, 0.1) is 15.5 Å². The highest BCUT2D eigenvalue weighted by molar-refractivity contribution is 7.92. The highest BCUT2D eigenvalue weighted by Crippen LogP contribution is 2.27. The van der Waals surface area contributed by atoms with Crippen molar-refractivity contribution in [3.63, 3.8) is 0 Å². The maximum absolute atomic E-state index is 13.9. The molecule has 0 fully saturated rings. The number of hydrogen-bond donors (Lipinski definition) is 1. The Morgan fingerprint density at radius 2 is 1.57 bits per heavy atom. The molecule has 0 aliphatic carbocycles. The Balaban J connectivity index is 2.00. The number of nitrogens with zero attached hydrogens (tertiary/aromatic N) is 3. The molecule has 10 nitrogen and oxygen atoms in total. The zero-order valence-corrected chi connectivity index (χ0v) is 23.6. The third-order valence-corrected chi connectivity index (χ3v) is 8.38. The fourth-order valence-corrected chi connectivity index (χ4v) is 5.47. The van der Waals surface area contributed by atoms with Gasteiger partial charge in [-0.15, -0.1) is 0 Å². The van der Waals surface area contributed by atoms with Gasteiger partial charge in [0.1, 0.15) is 12.6 Å². The molecule has 11 heteroatoms. The van der Waals surface area contributed by atoms with Crippen LogP contribution in [0.3, 0.4) is 0 Å². The van der Waals surface area contributed by atoms with Crippen LogP contribution in [0.5, 0.6) is 0 Å². The van der Waals surface area contributed by atoms with E-state index in [0.29, 0.717) is 12.8 Å². The molecule has 212 valence electrons. The van der Waals surface area contributed by atoms with Crippen LogP contribution >= 0.6 is 0 Å². The molecule has 0 spiro atoms. The molecule has 0 radical (unpaired) electrons. The van der Waals surface area contributed by atoms with Crippen molar-refractivity contribution in [1.82, 2.24) is 10.2 Å². The van der Waals surface area contributed by atoms with Crippen molar-refractivity contribution in [3.8, 4) is 0 Å². The summed E-state index contributed by atoms with van der Waals surface area (Å²) in [5.41, 5.74) is 0.592. The number of carbonyl (C=O) groups excluding carboxylic acids is 2. The molecule has 2 amide bonds. The van der Waals surface area contributed by atoms with E-state index in [1.165, 1.54) is 35.2 Å². The van der Waals surface area contributed by atoms with Gasteiger partial charge in [-0.05, 0) is 50.5 Å². The van der Waals surface area contributed by atoms with Gasteiger partial charge >= 0.3 is 0 Å². The summed E-state index contributed by atoms with van der Waals surface area (Å²) in [6.07, 6.45) is 1.14. The van der Waals surface area contributed by atoms with Gasteiger partial charge in [-0.1, -0.05) is 61.5 Å². The molecule has 0 saturated heterocycles. The van der Waals surface area contributed by atoms with Crippen LogP contribution in [0, 0.1) is 10.1 Å². The summed E-state index contributed by atoms with van der Waals surface area (Å²) in [4.78, 5) is 39.0. The molecular formula is C29H34N4O6S. The molecule has 0 heterocycles. The molecule has 3 rings (SSSR count). The molecule has 40 heavy (non-hydrogen) atoms. The minimum Gasteiger partial charge on any atom is -0.352 e. The lowest BCUT2D eigenvalue weighted by atomic mass is 10.1. The van der Waals surface area contributed by atoms with Crippen LogP contribution in [0.25, 0.3) is 0 Å². The lowest BCUT2D eigenvalue weighted by Crippen LogP contribution is -2.53. The summed E-state index contributed by atoms with van der Waals surface area (Å²) < 4.78 is 28.3. The lowest BCUT2D eigenvalue weighted by Gasteiger charge is -2.32. The van der Waals surface area contributed by atoms with E-state index >= 15 is 0 Å².